The number of rotatable bonds is 3. The fourth-order valence-corrected chi connectivity index (χ4v) is 2.96. The van der Waals surface area contributed by atoms with Crippen LogP contribution in [0.3, 0.4) is 0 Å². The second kappa shape index (κ2) is 5.31. The lowest BCUT2D eigenvalue weighted by molar-refractivity contribution is -0.384. The van der Waals surface area contributed by atoms with E-state index in [-0.39, 0.29) is 11.6 Å². The van der Waals surface area contributed by atoms with E-state index in [2.05, 4.69) is 15.5 Å². The summed E-state index contributed by atoms with van der Waals surface area (Å²) in [6, 6.07) is 15.3. The number of hydrogen-bond donors (Lipinski definition) is 2. The van der Waals surface area contributed by atoms with Crippen LogP contribution in [0.2, 0.25) is 0 Å². The maximum absolute atomic E-state index is 12.2. The van der Waals surface area contributed by atoms with Crippen molar-refractivity contribution in [3.05, 3.63) is 81.5 Å². The lowest BCUT2D eigenvalue weighted by Crippen LogP contribution is -2.21. The first-order chi connectivity index (χ1) is 11.6. The zero-order chi connectivity index (χ0) is 16.7. The first kappa shape index (κ1) is 14.1. The molecule has 1 amide bonds. The first-order valence-electron chi connectivity index (χ1n) is 7.34. The quantitative estimate of drug-likeness (QED) is 0.572. The minimum Gasteiger partial charge on any atom is -0.340 e. The molecular formula is C17H12N4O3. The Hall–Kier alpha value is -3.48. The number of H-pyrrole nitrogens is 1. The molecule has 0 radical (unpaired) electrons. The lowest BCUT2D eigenvalue weighted by atomic mass is 9.96. The highest BCUT2D eigenvalue weighted by atomic mass is 16.6. The molecule has 1 aliphatic heterocycles. The SMILES string of the molecule is O=C1N[C@@H](c2cccc([N+](=O)[O-])c2)c2c(-c3ccccc3)n[nH]c21. The maximum atomic E-state index is 12.2. The van der Waals surface area contributed by atoms with E-state index in [0.717, 1.165) is 5.56 Å². The van der Waals surface area contributed by atoms with E-state index >= 15 is 0 Å². The summed E-state index contributed by atoms with van der Waals surface area (Å²) >= 11 is 0. The molecule has 0 unspecified atom stereocenters. The number of carbonyl (C=O) groups is 1. The molecule has 2 N–H and O–H groups in total. The number of aromatic nitrogens is 2. The Labute approximate surface area is 136 Å². The Morgan fingerprint density at radius 3 is 2.62 bits per heavy atom. The first-order valence-corrected chi connectivity index (χ1v) is 7.34. The number of nitro groups is 1. The normalized spacial score (nSPS) is 15.8. The van der Waals surface area contributed by atoms with Gasteiger partial charge in [-0.3, -0.25) is 20.0 Å². The standard InChI is InChI=1S/C17H12N4O3/c22-17-16-13(15(19-20-16)10-5-2-1-3-6-10)14(18-17)11-7-4-8-12(9-11)21(23)24/h1-9,14H,(H,18,22)(H,19,20)/t14-/m0/s1. The van der Waals surface area contributed by atoms with E-state index in [4.69, 9.17) is 0 Å². The summed E-state index contributed by atoms with van der Waals surface area (Å²) in [7, 11) is 0. The summed E-state index contributed by atoms with van der Waals surface area (Å²) in [5, 5.41) is 20.9. The molecule has 3 aromatic rings. The molecule has 0 spiro atoms. The molecule has 2 heterocycles. The van der Waals surface area contributed by atoms with Crippen molar-refractivity contribution in [2.24, 2.45) is 0 Å². The third-order valence-electron chi connectivity index (χ3n) is 4.06. The molecule has 7 heteroatoms. The van der Waals surface area contributed by atoms with Crippen molar-refractivity contribution in [1.29, 1.82) is 0 Å². The third kappa shape index (κ3) is 2.14. The summed E-state index contributed by atoms with van der Waals surface area (Å²) in [5.74, 6) is -0.267. The van der Waals surface area contributed by atoms with Crippen molar-refractivity contribution >= 4 is 11.6 Å². The molecule has 7 nitrogen and oxygen atoms in total. The zero-order valence-corrected chi connectivity index (χ0v) is 12.4. The van der Waals surface area contributed by atoms with Gasteiger partial charge in [-0.15, -0.1) is 0 Å². The van der Waals surface area contributed by atoms with Gasteiger partial charge in [-0.2, -0.15) is 5.10 Å². The van der Waals surface area contributed by atoms with Crippen LogP contribution >= 0.6 is 0 Å². The minimum absolute atomic E-state index is 0.0139. The number of nitrogens with zero attached hydrogens (tertiary/aromatic N) is 2. The van der Waals surface area contributed by atoms with E-state index in [0.29, 0.717) is 22.5 Å². The van der Waals surface area contributed by atoms with Gasteiger partial charge in [0.25, 0.3) is 11.6 Å². The Morgan fingerprint density at radius 1 is 1.08 bits per heavy atom. The predicted molar refractivity (Wildman–Crippen MR) is 86.4 cm³/mol. The summed E-state index contributed by atoms with van der Waals surface area (Å²) in [6.45, 7) is 0. The van der Waals surface area contributed by atoms with Crippen LogP contribution in [-0.2, 0) is 0 Å². The van der Waals surface area contributed by atoms with Gasteiger partial charge in [0.1, 0.15) is 5.69 Å². The van der Waals surface area contributed by atoms with E-state index in [9.17, 15) is 14.9 Å². The third-order valence-corrected chi connectivity index (χ3v) is 4.06. The predicted octanol–water partition coefficient (Wildman–Crippen LogP) is 2.82. The summed E-state index contributed by atoms with van der Waals surface area (Å²) < 4.78 is 0. The Kier molecular flexibility index (Phi) is 3.13. The van der Waals surface area contributed by atoms with Crippen LogP contribution < -0.4 is 5.32 Å². The highest BCUT2D eigenvalue weighted by Crippen LogP contribution is 2.37. The topological polar surface area (TPSA) is 101 Å². The van der Waals surface area contributed by atoms with Crippen LogP contribution in [0.25, 0.3) is 11.3 Å². The molecule has 0 saturated heterocycles. The summed E-state index contributed by atoms with van der Waals surface area (Å²) in [5.41, 5.74) is 3.29. The number of non-ortho nitro benzene ring substituents is 1. The highest BCUT2D eigenvalue weighted by molar-refractivity contribution is 6.00. The molecule has 4 rings (SSSR count). The number of hydrogen-bond acceptors (Lipinski definition) is 4. The van der Waals surface area contributed by atoms with Gasteiger partial charge >= 0.3 is 0 Å². The summed E-state index contributed by atoms with van der Waals surface area (Å²) in [6.07, 6.45) is 0. The number of aromatic amines is 1. The average molecular weight is 320 g/mol. The summed E-state index contributed by atoms with van der Waals surface area (Å²) in [4.78, 5) is 22.8. The van der Waals surface area contributed by atoms with Gasteiger partial charge in [0.2, 0.25) is 0 Å². The van der Waals surface area contributed by atoms with Gasteiger partial charge < -0.3 is 5.32 Å². The molecule has 24 heavy (non-hydrogen) atoms. The van der Waals surface area contributed by atoms with Crippen LogP contribution in [0.15, 0.2) is 54.6 Å². The van der Waals surface area contributed by atoms with Crippen LogP contribution in [0.5, 0.6) is 0 Å². The van der Waals surface area contributed by atoms with Crippen molar-refractivity contribution in [2.75, 3.05) is 0 Å². The fourth-order valence-electron chi connectivity index (χ4n) is 2.96. The second-order valence-electron chi connectivity index (χ2n) is 5.49. The molecule has 0 saturated carbocycles. The number of carbonyl (C=O) groups excluding carboxylic acids is 1. The van der Waals surface area contributed by atoms with Crippen molar-refractivity contribution in [3.63, 3.8) is 0 Å². The van der Waals surface area contributed by atoms with Gasteiger partial charge in [-0.1, -0.05) is 42.5 Å². The van der Waals surface area contributed by atoms with E-state index < -0.39 is 11.0 Å². The van der Waals surface area contributed by atoms with Gasteiger partial charge in [-0.25, -0.2) is 0 Å². The molecule has 0 fully saturated rings. The van der Waals surface area contributed by atoms with Gasteiger partial charge in [-0.05, 0) is 5.56 Å². The molecule has 0 aliphatic carbocycles. The molecule has 2 aromatic carbocycles. The molecule has 1 aromatic heterocycles. The number of amides is 1. The molecule has 1 aliphatic rings. The van der Waals surface area contributed by atoms with Crippen LogP contribution in [0.4, 0.5) is 5.69 Å². The van der Waals surface area contributed by atoms with Gasteiger partial charge in [0.15, 0.2) is 0 Å². The van der Waals surface area contributed by atoms with E-state index in [1.165, 1.54) is 12.1 Å². The monoisotopic (exact) mass is 320 g/mol. The van der Waals surface area contributed by atoms with Crippen LogP contribution in [0.1, 0.15) is 27.7 Å². The number of nitrogens with one attached hydrogen (secondary N) is 2. The Bertz CT molecular complexity index is 949. The molecule has 1 atom stereocenters. The highest BCUT2D eigenvalue weighted by Gasteiger charge is 2.35. The van der Waals surface area contributed by atoms with Gasteiger partial charge in [0.05, 0.1) is 16.7 Å². The lowest BCUT2D eigenvalue weighted by Gasteiger charge is -2.13. The van der Waals surface area contributed by atoms with Crippen molar-refractivity contribution in [1.82, 2.24) is 15.5 Å². The minimum atomic E-state index is -0.471. The van der Waals surface area contributed by atoms with E-state index in [1.807, 2.05) is 30.3 Å². The van der Waals surface area contributed by atoms with Gasteiger partial charge in [0, 0.05) is 23.3 Å². The fraction of sp³-hybridized carbons (Fsp3) is 0.0588. The molecular weight excluding hydrogens is 308 g/mol. The number of nitro benzene ring substituents is 1. The van der Waals surface area contributed by atoms with Crippen LogP contribution in [-0.4, -0.2) is 21.0 Å². The van der Waals surface area contributed by atoms with Crippen molar-refractivity contribution < 1.29 is 9.72 Å². The Balaban J connectivity index is 1.85. The number of fused-ring (bicyclic) bond motifs is 1. The number of benzene rings is 2. The maximum Gasteiger partial charge on any atom is 0.270 e. The second-order valence-corrected chi connectivity index (χ2v) is 5.49. The molecule has 0 bridgehead atoms. The Morgan fingerprint density at radius 2 is 1.88 bits per heavy atom. The molecule has 118 valence electrons. The smallest absolute Gasteiger partial charge is 0.270 e. The average Bonchev–Trinajstić information content (AvgIpc) is 3.17. The van der Waals surface area contributed by atoms with Crippen molar-refractivity contribution in [3.8, 4) is 11.3 Å². The van der Waals surface area contributed by atoms with E-state index in [1.54, 1.807) is 12.1 Å². The zero-order valence-electron chi connectivity index (χ0n) is 12.4. The largest absolute Gasteiger partial charge is 0.340 e. The van der Waals surface area contributed by atoms with Crippen molar-refractivity contribution in [2.45, 2.75) is 6.04 Å². The van der Waals surface area contributed by atoms with Crippen LogP contribution in [0, 0.1) is 10.1 Å².